The fraction of sp³-hybridized carbons (Fsp3) is 0.333. The Kier molecular flexibility index (Phi) is 5.84. The molecule has 0 bridgehead atoms. The van der Waals surface area contributed by atoms with Gasteiger partial charge in [-0.15, -0.1) is 0 Å². The van der Waals surface area contributed by atoms with E-state index in [1.807, 2.05) is 31.2 Å². The van der Waals surface area contributed by atoms with E-state index in [1.165, 1.54) is 12.1 Å². The minimum absolute atomic E-state index is 0.169. The van der Waals surface area contributed by atoms with E-state index in [9.17, 15) is 15.3 Å². The minimum Gasteiger partial charge on any atom is -0.504 e. The monoisotopic (exact) mass is 317 g/mol. The van der Waals surface area contributed by atoms with Crippen molar-refractivity contribution in [2.45, 2.75) is 25.5 Å². The van der Waals surface area contributed by atoms with Crippen molar-refractivity contribution in [2.75, 3.05) is 13.7 Å². The van der Waals surface area contributed by atoms with Gasteiger partial charge in [0.1, 0.15) is 5.75 Å². The highest BCUT2D eigenvalue weighted by molar-refractivity contribution is 5.41. The van der Waals surface area contributed by atoms with Gasteiger partial charge in [-0.1, -0.05) is 18.2 Å². The van der Waals surface area contributed by atoms with E-state index in [0.717, 1.165) is 17.7 Å². The number of aromatic hydroxyl groups is 2. The summed E-state index contributed by atoms with van der Waals surface area (Å²) in [6.07, 6.45) is 0.0550. The number of aliphatic hydroxyl groups is 1. The minimum atomic E-state index is -0.755. The molecular formula is C18H23NO4. The summed E-state index contributed by atoms with van der Waals surface area (Å²) in [6, 6.07) is 12.4. The van der Waals surface area contributed by atoms with Crippen LogP contribution in [0.15, 0.2) is 42.5 Å². The number of benzene rings is 2. The molecule has 0 aromatic heterocycles. The maximum atomic E-state index is 10.2. The first-order valence-electron chi connectivity index (χ1n) is 7.56. The molecule has 5 nitrogen and oxygen atoms in total. The van der Waals surface area contributed by atoms with Gasteiger partial charge in [0.25, 0.3) is 0 Å². The van der Waals surface area contributed by atoms with Gasteiger partial charge < -0.3 is 25.4 Å². The van der Waals surface area contributed by atoms with Crippen molar-refractivity contribution in [1.29, 1.82) is 0 Å². The lowest BCUT2D eigenvalue weighted by molar-refractivity contribution is 0.170. The summed E-state index contributed by atoms with van der Waals surface area (Å²) in [6.45, 7) is 2.40. The third-order valence-corrected chi connectivity index (χ3v) is 3.72. The number of hydrogen-bond donors (Lipinski definition) is 4. The van der Waals surface area contributed by atoms with Gasteiger partial charge in [-0.05, 0) is 48.7 Å². The maximum Gasteiger partial charge on any atom is 0.157 e. The Morgan fingerprint density at radius 1 is 1.09 bits per heavy atom. The SMILES string of the molecule is COc1cccc(C[C@@H](C)NC[C@@H](O)c2ccc(O)c(O)c2)c1. The Bertz CT molecular complexity index is 645. The molecule has 0 heterocycles. The summed E-state index contributed by atoms with van der Waals surface area (Å²) in [5.74, 6) is 0.403. The third kappa shape index (κ3) is 4.87. The maximum absolute atomic E-state index is 10.2. The number of methoxy groups -OCH3 is 1. The van der Waals surface area contributed by atoms with Crippen LogP contribution in [0.1, 0.15) is 24.2 Å². The summed E-state index contributed by atoms with van der Waals surface area (Å²) in [7, 11) is 1.64. The second-order valence-electron chi connectivity index (χ2n) is 5.63. The molecule has 4 N–H and O–H groups in total. The molecule has 0 unspecified atom stereocenters. The first-order valence-corrected chi connectivity index (χ1v) is 7.56. The Labute approximate surface area is 136 Å². The standard InChI is InChI=1S/C18H23NO4/c1-12(8-13-4-3-5-15(9-13)23-2)19-11-18(22)14-6-7-16(20)17(21)10-14/h3-7,9-10,12,18-22H,8,11H2,1-2H3/t12-,18-/m1/s1. The van der Waals surface area contributed by atoms with Gasteiger partial charge in [-0.2, -0.15) is 0 Å². The van der Waals surface area contributed by atoms with E-state index in [2.05, 4.69) is 5.32 Å². The molecule has 2 rings (SSSR count). The molecule has 2 aromatic carbocycles. The molecule has 0 aliphatic heterocycles. The molecule has 0 radical (unpaired) electrons. The zero-order valence-electron chi connectivity index (χ0n) is 13.4. The number of rotatable bonds is 7. The summed E-state index contributed by atoms with van der Waals surface area (Å²) < 4.78 is 5.21. The van der Waals surface area contributed by atoms with Crippen molar-refractivity contribution >= 4 is 0 Å². The molecule has 0 aliphatic carbocycles. The summed E-state index contributed by atoms with van der Waals surface area (Å²) in [5, 5.41) is 32.2. The zero-order chi connectivity index (χ0) is 16.8. The number of ether oxygens (including phenoxy) is 1. The van der Waals surface area contributed by atoms with Gasteiger partial charge in [0.2, 0.25) is 0 Å². The molecule has 0 spiro atoms. The highest BCUT2D eigenvalue weighted by Gasteiger charge is 2.12. The topological polar surface area (TPSA) is 82.0 Å². The van der Waals surface area contributed by atoms with Crippen LogP contribution >= 0.6 is 0 Å². The molecule has 2 aromatic rings. The predicted octanol–water partition coefficient (Wildman–Crippen LogP) is 2.36. The third-order valence-electron chi connectivity index (χ3n) is 3.72. The van der Waals surface area contributed by atoms with Gasteiger partial charge in [-0.3, -0.25) is 0 Å². The van der Waals surface area contributed by atoms with E-state index < -0.39 is 6.10 Å². The van der Waals surface area contributed by atoms with Crippen molar-refractivity contribution in [2.24, 2.45) is 0 Å². The number of hydrogen-bond acceptors (Lipinski definition) is 5. The van der Waals surface area contributed by atoms with Crippen LogP contribution in [0.2, 0.25) is 0 Å². The lowest BCUT2D eigenvalue weighted by atomic mass is 10.1. The normalized spacial score (nSPS) is 13.5. The van der Waals surface area contributed by atoms with E-state index >= 15 is 0 Å². The van der Waals surface area contributed by atoms with E-state index in [0.29, 0.717) is 12.1 Å². The first kappa shape index (κ1) is 17.1. The number of nitrogens with one attached hydrogen (secondary N) is 1. The van der Waals surface area contributed by atoms with Crippen LogP contribution in [0.5, 0.6) is 17.2 Å². The number of phenols is 2. The van der Waals surface area contributed by atoms with Crippen molar-refractivity contribution in [3.05, 3.63) is 53.6 Å². The molecule has 0 amide bonds. The summed E-state index contributed by atoms with van der Waals surface area (Å²) >= 11 is 0. The highest BCUT2D eigenvalue weighted by atomic mass is 16.5. The Morgan fingerprint density at radius 3 is 2.57 bits per heavy atom. The number of aliphatic hydroxyl groups excluding tert-OH is 1. The van der Waals surface area contributed by atoms with Crippen LogP contribution < -0.4 is 10.1 Å². The molecule has 0 aliphatic rings. The van der Waals surface area contributed by atoms with Crippen LogP contribution in [-0.4, -0.2) is 35.0 Å². The van der Waals surface area contributed by atoms with Gasteiger partial charge >= 0.3 is 0 Å². The fourth-order valence-electron chi connectivity index (χ4n) is 2.40. The van der Waals surface area contributed by atoms with Crippen LogP contribution in [0, 0.1) is 0 Å². The van der Waals surface area contributed by atoms with Crippen LogP contribution in [0.4, 0.5) is 0 Å². The second kappa shape index (κ2) is 7.85. The molecule has 0 fully saturated rings. The first-order chi connectivity index (χ1) is 11.0. The van der Waals surface area contributed by atoms with Gasteiger partial charge in [0, 0.05) is 12.6 Å². The zero-order valence-corrected chi connectivity index (χ0v) is 13.4. The van der Waals surface area contributed by atoms with Crippen LogP contribution in [0.25, 0.3) is 0 Å². The molecule has 0 saturated carbocycles. The Morgan fingerprint density at radius 2 is 1.87 bits per heavy atom. The largest absolute Gasteiger partial charge is 0.504 e. The Hall–Kier alpha value is -2.24. The summed E-state index contributed by atoms with van der Waals surface area (Å²) in [5.41, 5.74) is 1.71. The van der Waals surface area contributed by atoms with Gasteiger partial charge in [0.15, 0.2) is 11.5 Å². The van der Waals surface area contributed by atoms with Crippen LogP contribution in [-0.2, 0) is 6.42 Å². The molecule has 124 valence electrons. The van der Waals surface area contributed by atoms with Crippen molar-refractivity contribution in [1.82, 2.24) is 5.32 Å². The van der Waals surface area contributed by atoms with Crippen molar-refractivity contribution in [3.8, 4) is 17.2 Å². The van der Waals surface area contributed by atoms with Crippen molar-refractivity contribution in [3.63, 3.8) is 0 Å². The molecule has 2 atom stereocenters. The lowest BCUT2D eigenvalue weighted by Crippen LogP contribution is -2.32. The summed E-state index contributed by atoms with van der Waals surface area (Å²) in [4.78, 5) is 0. The van der Waals surface area contributed by atoms with E-state index in [4.69, 9.17) is 4.74 Å². The highest BCUT2D eigenvalue weighted by Crippen LogP contribution is 2.27. The number of phenolic OH excluding ortho intramolecular Hbond substituents is 2. The molecule has 23 heavy (non-hydrogen) atoms. The molecular weight excluding hydrogens is 294 g/mol. The lowest BCUT2D eigenvalue weighted by Gasteiger charge is -2.18. The van der Waals surface area contributed by atoms with Crippen molar-refractivity contribution < 1.29 is 20.1 Å². The quantitative estimate of drug-likeness (QED) is 0.589. The second-order valence-corrected chi connectivity index (χ2v) is 5.63. The average Bonchev–Trinajstić information content (AvgIpc) is 2.55. The average molecular weight is 317 g/mol. The Balaban J connectivity index is 1.87. The van der Waals surface area contributed by atoms with Gasteiger partial charge in [0.05, 0.1) is 13.2 Å². The van der Waals surface area contributed by atoms with E-state index in [-0.39, 0.29) is 17.5 Å². The fourth-order valence-corrected chi connectivity index (χ4v) is 2.40. The predicted molar refractivity (Wildman–Crippen MR) is 88.9 cm³/mol. The molecule has 0 saturated heterocycles. The smallest absolute Gasteiger partial charge is 0.157 e. The van der Waals surface area contributed by atoms with Gasteiger partial charge in [-0.25, -0.2) is 0 Å². The molecule has 5 heteroatoms. The van der Waals surface area contributed by atoms with Crippen LogP contribution in [0.3, 0.4) is 0 Å². The van der Waals surface area contributed by atoms with E-state index in [1.54, 1.807) is 13.2 Å².